The van der Waals surface area contributed by atoms with E-state index in [1.54, 1.807) is 6.92 Å². The van der Waals surface area contributed by atoms with Crippen molar-refractivity contribution in [1.29, 1.82) is 0 Å². The van der Waals surface area contributed by atoms with Crippen LogP contribution in [0.3, 0.4) is 0 Å². The van der Waals surface area contributed by atoms with Crippen LogP contribution in [0.15, 0.2) is 51.9 Å². The highest BCUT2D eigenvalue weighted by molar-refractivity contribution is 5.79. The largest absolute Gasteiger partial charge is 0.463 e. The summed E-state index contributed by atoms with van der Waals surface area (Å²) in [6.07, 6.45) is 0. The van der Waals surface area contributed by atoms with E-state index in [1.807, 2.05) is 26.0 Å². The van der Waals surface area contributed by atoms with Gasteiger partial charge in [-0.2, -0.15) is 0 Å². The molecule has 1 fully saturated rings. The average Bonchev–Trinajstić information content (AvgIpc) is 3.23. The quantitative estimate of drug-likeness (QED) is 0.444. The zero-order valence-corrected chi connectivity index (χ0v) is 19.3. The van der Waals surface area contributed by atoms with Crippen LogP contribution in [-0.4, -0.2) is 67.8 Å². The van der Waals surface area contributed by atoms with Gasteiger partial charge in [0.2, 0.25) is 0 Å². The summed E-state index contributed by atoms with van der Waals surface area (Å²) in [5.74, 6) is 2.03. The monoisotopic (exact) mass is 427 g/mol. The molecular weight excluding hydrogens is 390 g/mol. The second-order valence-corrected chi connectivity index (χ2v) is 8.47. The molecule has 1 aliphatic heterocycles. The van der Waals surface area contributed by atoms with Crippen LogP contribution < -0.4 is 15.5 Å². The van der Waals surface area contributed by atoms with Gasteiger partial charge in [0.25, 0.3) is 0 Å². The first-order chi connectivity index (χ1) is 14.9. The van der Waals surface area contributed by atoms with E-state index in [4.69, 9.17) is 4.42 Å². The SMILES string of the molecule is CCNC(=NCC(C)(O)c1ccc(C)o1)NCC(C)N1CCN(c2ccccc2)CC1. The standard InChI is InChI=1S/C24H37N5O2/c1-5-25-23(27-18-24(4,30)22-12-11-20(3)31-22)26-17-19(2)28-13-15-29(16-14-28)21-9-7-6-8-10-21/h6-12,19,30H,5,13-18H2,1-4H3,(H2,25,26,27). The fourth-order valence-corrected chi connectivity index (χ4v) is 3.81. The fraction of sp³-hybridized carbons (Fsp3) is 0.542. The Morgan fingerprint density at radius 3 is 2.45 bits per heavy atom. The summed E-state index contributed by atoms with van der Waals surface area (Å²) in [7, 11) is 0. The van der Waals surface area contributed by atoms with Gasteiger partial charge in [0.15, 0.2) is 5.96 Å². The van der Waals surface area contributed by atoms with Crippen LogP contribution >= 0.6 is 0 Å². The molecule has 1 saturated heterocycles. The predicted molar refractivity (Wildman–Crippen MR) is 127 cm³/mol. The van der Waals surface area contributed by atoms with Crippen molar-refractivity contribution in [3.05, 3.63) is 54.0 Å². The Morgan fingerprint density at radius 2 is 1.84 bits per heavy atom. The first-order valence-corrected chi connectivity index (χ1v) is 11.2. The third kappa shape index (κ3) is 6.48. The van der Waals surface area contributed by atoms with Crippen molar-refractivity contribution in [2.24, 2.45) is 4.99 Å². The summed E-state index contributed by atoms with van der Waals surface area (Å²) < 4.78 is 5.59. The van der Waals surface area contributed by atoms with Crippen LogP contribution in [-0.2, 0) is 5.60 Å². The van der Waals surface area contributed by atoms with Crippen LogP contribution in [0, 0.1) is 6.92 Å². The van der Waals surface area contributed by atoms with Crippen molar-refractivity contribution in [2.75, 3.05) is 50.7 Å². The van der Waals surface area contributed by atoms with Crippen LogP contribution in [0.5, 0.6) is 0 Å². The topological polar surface area (TPSA) is 76.3 Å². The number of nitrogens with one attached hydrogen (secondary N) is 2. The number of benzene rings is 1. The van der Waals surface area contributed by atoms with Crippen molar-refractivity contribution in [3.8, 4) is 0 Å². The number of hydrogen-bond acceptors (Lipinski definition) is 5. The molecule has 1 aliphatic rings. The molecule has 0 aliphatic carbocycles. The van der Waals surface area contributed by atoms with Crippen LogP contribution in [0.2, 0.25) is 0 Å². The molecule has 0 spiro atoms. The van der Waals surface area contributed by atoms with Gasteiger partial charge in [0, 0.05) is 51.0 Å². The Balaban J connectivity index is 1.49. The van der Waals surface area contributed by atoms with Gasteiger partial charge < -0.3 is 25.1 Å². The number of guanidine groups is 1. The number of rotatable bonds is 8. The van der Waals surface area contributed by atoms with E-state index in [1.165, 1.54) is 5.69 Å². The van der Waals surface area contributed by atoms with Gasteiger partial charge in [-0.1, -0.05) is 18.2 Å². The number of aliphatic hydroxyl groups is 1. The van der Waals surface area contributed by atoms with E-state index in [0.717, 1.165) is 45.0 Å². The highest BCUT2D eigenvalue weighted by Crippen LogP contribution is 2.23. The molecule has 1 aromatic carbocycles. The zero-order valence-electron chi connectivity index (χ0n) is 19.3. The Morgan fingerprint density at radius 1 is 1.13 bits per heavy atom. The lowest BCUT2D eigenvalue weighted by Crippen LogP contribution is -2.53. The van der Waals surface area contributed by atoms with Gasteiger partial charge in [-0.15, -0.1) is 0 Å². The minimum absolute atomic E-state index is 0.222. The molecule has 0 saturated carbocycles. The Labute approximate surface area is 186 Å². The van der Waals surface area contributed by atoms with Gasteiger partial charge in [-0.25, -0.2) is 4.99 Å². The highest BCUT2D eigenvalue weighted by atomic mass is 16.4. The maximum Gasteiger partial charge on any atom is 0.191 e. The van der Waals surface area contributed by atoms with E-state index >= 15 is 0 Å². The zero-order chi connectivity index (χ0) is 22.3. The molecule has 3 N–H and O–H groups in total. The molecule has 170 valence electrons. The normalized spacial score (nSPS) is 18.5. The first kappa shape index (κ1) is 23.2. The fourth-order valence-electron chi connectivity index (χ4n) is 3.81. The van der Waals surface area contributed by atoms with Crippen molar-refractivity contribution in [3.63, 3.8) is 0 Å². The Bertz CT molecular complexity index is 826. The van der Waals surface area contributed by atoms with Crippen molar-refractivity contribution in [2.45, 2.75) is 39.3 Å². The predicted octanol–water partition coefficient (Wildman–Crippen LogP) is 2.56. The third-order valence-corrected chi connectivity index (χ3v) is 5.78. The highest BCUT2D eigenvalue weighted by Gasteiger charge is 2.27. The number of piperazine rings is 1. The van der Waals surface area contributed by atoms with Gasteiger partial charge in [0.1, 0.15) is 17.1 Å². The number of para-hydroxylation sites is 1. The Kier molecular flexibility index (Phi) is 7.98. The van der Waals surface area contributed by atoms with Gasteiger partial charge >= 0.3 is 0 Å². The second-order valence-electron chi connectivity index (χ2n) is 8.47. The van der Waals surface area contributed by atoms with Crippen molar-refractivity contribution in [1.82, 2.24) is 15.5 Å². The third-order valence-electron chi connectivity index (χ3n) is 5.78. The number of furan rings is 1. The molecule has 2 atom stereocenters. The molecule has 0 radical (unpaired) electrons. The summed E-state index contributed by atoms with van der Waals surface area (Å²) >= 11 is 0. The molecule has 0 bridgehead atoms. The minimum Gasteiger partial charge on any atom is -0.463 e. The van der Waals surface area contributed by atoms with E-state index in [-0.39, 0.29) is 6.54 Å². The van der Waals surface area contributed by atoms with Crippen LogP contribution in [0.1, 0.15) is 32.3 Å². The lowest BCUT2D eigenvalue weighted by Gasteiger charge is -2.39. The molecule has 7 heteroatoms. The molecule has 7 nitrogen and oxygen atoms in total. The van der Waals surface area contributed by atoms with Crippen molar-refractivity contribution < 1.29 is 9.52 Å². The molecule has 0 amide bonds. The number of aliphatic imine (C=N–C) groups is 1. The molecule has 31 heavy (non-hydrogen) atoms. The number of hydrogen-bond donors (Lipinski definition) is 3. The lowest BCUT2D eigenvalue weighted by atomic mass is 10.0. The smallest absolute Gasteiger partial charge is 0.191 e. The summed E-state index contributed by atoms with van der Waals surface area (Å²) in [6, 6.07) is 14.7. The summed E-state index contributed by atoms with van der Waals surface area (Å²) in [6.45, 7) is 13.8. The van der Waals surface area contributed by atoms with Gasteiger partial charge in [-0.3, -0.25) is 4.90 Å². The average molecular weight is 428 g/mol. The number of nitrogens with zero attached hydrogens (tertiary/aromatic N) is 3. The van der Waals surface area contributed by atoms with Crippen molar-refractivity contribution >= 4 is 11.6 Å². The maximum absolute atomic E-state index is 10.7. The van der Waals surface area contributed by atoms with E-state index in [9.17, 15) is 5.11 Å². The molecule has 2 aromatic rings. The van der Waals surface area contributed by atoms with Crippen LogP contribution in [0.25, 0.3) is 0 Å². The van der Waals surface area contributed by atoms with E-state index in [2.05, 4.69) is 62.7 Å². The molecule has 1 aromatic heterocycles. The Hall–Kier alpha value is -2.51. The summed E-state index contributed by atoms with van der Waals surface area (Å²) in [5, 5.41) is 17.4. The number of aryl methyl sites for hydroxylation is 1. The minimum atomic E-state index is -1.14. The van der Waals surface area contributed by atoms with Gasteiger partial charge in [-0.05, 0) is 52.0 Å². The molecule has 2 heterocycles. The molecule has 3 rings (SSSR count). The van der Waals surface area contributed by atoms with Gasteiger partial charge in [0.05, 0.1) is 6.54 Å². The second kappa shape index (κ2) is 10.7. The van der Waals surface area contributed by atoms with E-state index in [0.29, 0.717) is 17.8 Å². The summed E-state index contributed by atoms with van der Waals surface area (Å²) in [4.78, 5) is 9.55. The number of anilines is 1. The lowest BCUT2D eigenvalue weighted by molar-refractivity contribution is 0.0428. The molecule has 2 unspecified atom stereocenters. The van der Waals surface area contributed by atoms with Crippen LogP contribution in [0.4, 0.5) is 5.69 Å². The first-order valence-electron chi connectivity index (χ1n) is 11.2. The molecular formula is C24H37N5O2. The maximum atomic E-state index is 10.7. The van der Waals surface area contributed by atoms with E-state index < -0.39 is 5.60 Å². The summed E-state index contributed by atoms with van der Waals surface area (Å²) in [5.41, 5.74) is 0.156.